The molecule has 0 aliphatic carbocycles. The van der Waals surface area contributed by atoms with Crippen LogP contribution in [0.1, 0.15) is 41.8 Å². The summed E-state index contributed by atoms with van der Waals surface area (Å²) >= 11 is 0. The van der Waals surface area contributed by atoms with Crippen LogP contribution in [-0.4, -0.2) is 24.6 Å². The summed E-state index contributed by atoms with van der Waals surface area (Å²) < 4.78 is 10.6. The third-order valence-corrected chi connectivity index (χ3v) is 3.84. The third-order valence-electron chi connectivity index (χ3n) is 3.84. The highest BCUT2D eigenvalue weighted by atomic mass is 16.6. The van der Waals surface area contributed by atoms with E-state index < -0.39 is 12.1 Å². The Morgan fingerprint density at radius 2 is 1.77 bits per heavy atom. The number of anilines is 1. The first-order valence-corrected chi connectivity index (χ1v) is 8.72. The van der Waals surface area contributed by atoms with E-state index in [-0.39, 0.29) is 5.91 Å². The minimum atomic E-state index is -0.698. The van der Waals surface area contributed by atoms with Gasteiger partial charge in [0.1, 0.15) is 5.75 Å². The fourth-order valence-electron chi connectivity index (χ4n) is 2.41. The Bertz CT molecular complexity index is 768. The van der Waals surface area contributed by atoms with E-state index in [1.54, 1.807) is 31.2 Å². The molecule has 1 atom stereocenters. The second-order valence-corrected chi connectivity index (χ2v) is 6.22. The van der Waals surface area contributed by atoms with Crippen molar-refractivity contribution in [3.63, 3.8) is 0 Å². The van der Waals surface area contributed by atoms with E-state index in [0.29, 0.717) is 17.9 Å². The van der Waals surface area contributed by atoms with E-state index in [0.717, 1.165) is 23.2 Å². The lowest BCUT2D eigenvalue weighted by Crippen LogP contribution is -2.26. The monoisotopic (exact) mass is 355 g/mol. The van der Waals surface area contributed by atoms with Crippen molar-refractivity contribution in [3.05, 3.63) is 59.2 Å². The number of aryl methyl sites for hydroxylation is 2. The summed E-state index contributed by atoms with van der Waals surface area (Å²) in [4.78, 5) is 24.1. The molecule has 5 nitrogen and oxygen atoms in total. The molecule has 0 aromatic heterocycles. The number of amides is 1. The van der Waals surface area contributed by atoms with Crippen LogP contribution in [0.4, 0.5) is 5.69 Å². The molecule has 0 fully saturated rings. The van der Waals surface area contributed by atoms with E-state index in [2.05, 4.69) is 5.32 Å². The van der Waals surface area contributed by atoms with Crippen LogP contribution < -0.4 is 10.1 Å². The average molecular weight is 355 g/mol. The number of nitrogens with one attached hydrogen (secondary N) is 1. The summed E-state index contributed by atoms with van der Waals surface area (Å²) in [6, 6.07) is 12.5. The first-order valence-electron chi connectivity index (χ1n) is 8.72. The molecule has 0 heterocycles. The average Bonchev–Trinajstić information content (AvgIpc) is 2.62. The molecule has 0 bridgehead atoms. The first-order chi connectivity index (χ1) is 12.4. The molecular weight excluding hydrogens is 330 g/mol. The van der Waals surface area contributed by atoms with Crippen LogP contribution in [0.5, 0.6) is 5.75 Å². The molecule has 2 aromatic carbocycles. The Hall–Kier alpha value is -2.82. The predicted molar refractivity (Wildman–Crippen MR) is 102 cm³/mol. The molecule has 2 rings (SSSR count). The summed E-state index contributed by atoms with van der Waals surface area (Å²) in [7, 11) is 0. The molecule has 0 aliphatic heterocycles. The Labute approximate surface area is 154 Å². The SMILES string of the molecule is CCCOC(=O)[C@H](C)Oc1ccc(C(=O)Nc2ccc(C)cc2C)cc1. The highest BCUT2D eigenvalue weighted by Gasteiger charge is 2.16. The van der Waals surface area contributed by atoms with E-state index in [1.807, 2.05) is 39.0 Å². The molecule has 1 N–H and O–H groups in total. The van der Waals surface area contributed by atoms with Crippen molar-refractivity contribution in [2.24, 2.45) is 0 Å². The van der Waals surface area contributed by atoms with Gasteiger partial charge in [0, 0.05) is 11.3 Å². The van der Waals surface area contributed by atoms with Gasteiger partial charge < -0.3 is 14.8 Å². The number of carbonyl (C=O) groups excluding carboxylic acids is 2. The number of carbonyl (C=O) groups is 2. The zero-order chi connectivity index (χ0) is 19.1. The van der Waals surface area contributed by atoms with Crippen molar-refractivity contribution < 1.29 is 19.1 Å². The van der Waals surface area contributed by atoms with Gasteiger partial charge in [-0.05, 0) is 63.1 Å². The Kier molecular flexibility index (Phi) is 6.78. The van der Waals surface area contributed by atoms with Gasteiger partial charge in [0.15, 0.2) is 6.10 Å². The lowest BCUT2D eigenvalue weighted by Gasteiger charge is -2.14. The van der Waals surface area contributed by atoms with Gasteiger partial charge in [-0.25, -0.2) is 4.79 Å². The highest BCUT2D eigenvalue weighted by Crippen LogP contribution is 2.19. The minimum Gasteiger partial charge on any atom is -0.479 e. The van der Waals surface area contributed by atoms with E-state index >= 15 is 0 Å². The highest BCUT2D eigenvalue weighted by molar-refractivity contribution is 6.04. The Morgan fingerprint density at radius 3 is 2.38 bits per heavy atom. The number of rotatable bonds is 7. The van der Waals surface area contributed by atoms with Gasteiger partial charge in [0.25, 0.3) is 5.91 Å². The van der Waals surface area contributed by atoms with Gasteiger partial charge in [-0.3, -0.25) is 4.79 Å². The van der Waals surface area contributed by atoms with Crippen LogP contribution >= 0.6 is 0 Å². The zero-order valence-corrected chi connectivity index (χ0v) is 15.7. The molecule has 26 heavy (non-hydrogen) atoms. The molecular formula is C21H25NO4. The largest absolute Gasteiger partial charge is 0.479 e. The summed E-state index contributed by atoms with van der Waals surface area (Å²) in [5, 5.41) is 2.90. The maximum Gasteiger partial charge on any atom is 0.347 e. The summed E-state index contributed by atoms with van der Waals surface area (Å²) in [5.74, 6) is -0.0866. The van der Waals surface area contributed by atoms with Crippen LogP contribution in [0, 0.1) is 13.8 Å². The predicted octanol–water partition coefficient (Wildman–Crippen LogP) is 4.28. The number of ether oxygens (including phenoxy) is 2. The second-order valence-electron chi connectivity index (χ2n) is 6.22. The molecule has 0 saturated heterocycles. The minimum absolute atomic E-state index is 0.195. The van der Waals surface area contributed by atoms with Gasteiger partial charge in [-0.1, -0.05) is 24.6 Å². The first kappa shape index (κ1) is 19.5. The van der Waals surface area contributed by atoms with Crippen molar-refractivity contribution >= 4 is 17.6 Å². The second kappa shape index (κ2) is 9.04. The van der Waals surface area contributed by atoms with Gasteiger partial charge >= 0.3 is 5.97 Å². The normalized spacial score (nSPS) is 11.5. The third kappa shape index (κ3) is 5.34. The standard InChI is InChI=1S/C21H25NO4/c1-5-12-25-21(24)16(4)26-18-9-7-17(8-10-18)20(23)22-19-11-6-14(2)13-15(19)3/h6-11,13,16H,5,12H2,1-4H3,(H,22,23)/t16-/m0/s1. The van der Waals surface area contributed by atoms with Crippen LogP contribution in [0.2, 0.25) is 0 Å². The number of benzene rings is 2. The molecule has 138 valence electrons. The lowest BCUT2D eigenvalue weighted by atomic mass is 10.1. The number of hydrogen-bond donors (Lipinski definition) is 1. The summed E-state index contributed by atoms with van der Waals surface area (Å²) in [6.45, 7) is 7.92. The quantitative estimate of drug-likeness (QED) is 0.753. The van der Waals surface area contributed by atoms with Gasteiger partial charge in [0.05, 0.1) is 6.61 Å². The molecule has 0 radical (unpaired) electrons. The molecule has 0 saturated carbocycles. The number of hydrogen-bond acceptors (Lipinski definition) is 4. The Balaban J connectivity index is 1.97. The lowest BCUT2D eigenvalue weighted by molar-refractivity contribution is -0.151. The van der Waals surface area contributed by atoms with E-state index in [1.165, 1.54) is 0 Å². The molecule has 0 aliphatic rings. The topological polar surface area (TPSA) is 64.6 Å². The Morgan fingerprint density at radius 1 is 1.08 bits per heavy atom. The van der Waals surface area contributed by atoms with Crippen LogP contribution in [0.25, 0.3) is 0 Å². The molecule has 2 aromatic rings. The van der Waals surface area contributed by atoms with Crippen molar-refractivity contribution in [3.8, 4) is 5.75 Å². The summed E-state index contributed by atoms with van der Waals surface area (Å²) in [5.41, 5.74) is 3.46. The van der Waals surface area contributed by atoms with E-state index in [4.69, 9.17) is 9.47 Å². The molecule has 5 heteroatoms. The van der Waals surface area contributed by atoms with Crippen LogP contribution in [0.3, 0.4) is 0 Å². The maximum atomic E-state index is 12.4. The van der Waals surface area contributed by atoms with Gasteiger partial charge in [-0.15, -0.1) is 0 Å². The van der Waals surface area contributed by atoms with Crippen LogP contribution in [-0.2, 0) is 9.53 Å². The zero-order valence-electron chi connectivity index (χ0n) is 15.7. The summed E-state index contributed by atoms with van der Waals surface area (Å²) in [6.07, 6.45) is 0.0688. The van der Waals surface area contributed by atoms with Gasteiger partial charge in [0.2, 0.25) is 0 Å². The van der Waals surface area contributed by atoms with Crippen molar-refractivity contribution in [1.29, 1.82) is 0 Å². The molecule has 0 unspecified atom stereocenters. The van der Waals surface area contributed by atoms with Crippen molar-refractivity contribution in [2.45, 2.75) is 40.2 Å². The maximum absolute atomic E-state index is 12.4. The fourth-order valence-corrected chi connectivity index (χ4v) is 2.41. The molecule has 0 spiro atoms. The molecule has 1 amide bonds. The fraction of sp³-hybridized carbons (Fsp3) is 0.333. The van der Waals surface area contributed by atoms with Gasteiger partial charge in [-0.2, -0.15) is 0 Å². The number of esters is 1. The van der Waals surface area contributed by atoms with Crippen LogP contribution in [0.15, 0.2) is 42.5 Å². The van der Waals surface area contributed by atoms with Crippen molar-refractivity contribution in [1.82, 2.24) is 0 Å². The van der Waals surface area contributed by atoms with E-state index in [9.17, 15) is 9.59 Å². The smallest absolute Gasteiger partial charge is 0.347 e. The van der Waals surface area contributed by atoms with Crippen molar-refractivity contribution in [2.75, 3.05) is 11.9 Å².